The van der Waals surface area contributed by atoms with Crippen molar-refractivity contribution in [3.8, 4) is 0 Å². The number of morpholine rings is 1. The summed E-state index contributed by atoms with van der Waals surface area (Å²) in [4.78, 5) is 37.4. The van der Waals surface area contributed by atoms with E-state index in [0.29, 0.717) is 39.8 Å². The average Bonchev–Trinajstić information content (AvgIpc) is 3.13. The molecule has 1 saturated heterocycles. The fourth-order valence-corrected chi connectivity index (χ4v) is 5.08. The number of nitrogens with zero attached hydrogens (tertiary/aromatic N) is 4. The highest BCUT2D eigenvalue weighted by Crippen LogP contribution is 2.38. The number of hydrogen-bond acceptors (Lipinski definition) is 7. The summed E-state index contributed by atoms with van der Waals surface area (Å²) in [5.41, 5.74) is 8.73. The molecule has 1 aromatic carbocycles. The van der Waals surface area contributed by atoms with Crippen LogP contribution in [0.4, 0.5) is 11.7 Å². The van der Waals surface area contributed by atoms with Crippen molar-refractivity contribution in [3.05, 3.63) is 45.7 Å². The van der Waals surface area contributed by atoms with E-state index >= 15 is 0 Å². The van der Waals surface area contributed by atoms with Crippen LogP contribution >= 0.6 is 23.2 Å². The third-order valence-corrected chi connectivity index (χ3v) is 6.42. The second kappa shape index (κ2) is 7.91. The van der Waals surface area contributed by atoms with Gasteiger partial charge < -0.3 is 24.7 Å². The first-order valence-corrected chi connectivity index (χ1v) is 10.8. The molecule has 11 heteroatoms. The number of anilines is 2. The first-order valence-electron chi connectivity index (χ1n) is 10.0. The van der Waals surface area contributed by atoms with Gasteiger partial charge in [-0.1, -0.05) is 23.2 Å². The monoisotopic (exact) mass is 475 g/mol. The maximum Gasteiger partial charge on any atom is 0.293 e. The van der Waals surface area contributed by atoms with Gasteiger partial charge in [0.2, 0.25) is 0 Å². The molecule has 0 saturated carbocycles. The number of hydrogen-bond donors (Lipinski definition) is 1. The van der Waals surface area contributed by atoms with Gasteiger partial charge in [0.05, 0.1) is 25.0 Å². The van der Waals surface area contributed by atoms with Crippen LogP contribution in [0.15, 0.2) is 28.9 Å². The molecule has 1 unspecified atom stereocenters. The summed E-state index contributed by atoms with van der Waals surface area (Å²) >= 11 is 12.6. The van der Waals surface area contributed by atoms with Crippen molar-refractivity contribution < 1.29 is 18.7 Å². The van der Waals surface area contributed by atoms with E-state index in [-0.39, 0.29) is 37.0 Å². The Labute approximate surface area is 193 Å². The summed E-state index contributed by atoms with van der Waals surface area (Å²) in [5, 5.41) is 1.10. The molecule has 2 aliphatic rings. The Balaban J connectivity index is 1.42. The van der Waals surface area contributed by atoms with Crippen LogP contribution in [0.3, 0.4) is 0 Å². The number of aromatic nitrogens is 2. The molecular formula is C21H19Cl2N5O4. The van der Waals surface area contributed by atoms with Gasteiger partial charge in [0, 0.05) is 16.6 Å². The molecular weight excluding hydrogens is 457 g/mol. The highest BCUT2D eigenvalue weighted by molar-refractivity contribution is 6.35. The van der Waals surface area contributed by atoms with E-state index in [9.17, 15) is 9.59 Å². The summed E-state index contributed by atoms with van der Waals surface area (Å²) < 4.78 is 11.1. The molecule has 5 rings (SSSR count). The fraction of sp³-hybridized carbons (Fsp3) is 0.333. The van der Waals surface area contributed by atoms with Crippen LogP contribution in [-0.2, 0) is 20.7 Å². The molecule has 166 valence electrons. The molecule has 1 fully saturated rings. The van der Waals surface area contributed by atoms with Crippen molar-refractivity contribution in [2.45, 2.75) is 25.5 Å². The Morgan fingerprint density at radius 2 is 2.09 bits per heavy atom. The molecule has 4 heterocycles. The number of ether oxygens (including phenoxy) is 1. The second-order valence-corrected chi connectivity index (χ2v) is 8.62. The third-order valence-electron chi connectivity index (χ3n) is 5.89. The predicted octanol–water partition coefficient (Wildman–Crippen LogP) is 2.99. The van der Waals surface area contributed by atoms with Gasteiger partial charge in [-0.2, -0.15) is 4.98 Å². The molecule has 0 bridgehead atoms. The minimum atomic E-state index is -0.849. The van der Waals surface area contributed by atoms with Gasteiger partial charge in [-0.15, -0.1) is 0 Å². The van der Waals surface area contributed by atoms with Crippen molar-refractivity contribution >= 4 is 57.8 Å². The first-order chi connectivity index (χ1) is 15.3. The zero-order chi connectivity index (χ0) is 22.6. The number of pyridine rings is 1. The van der Waals surface area contributed by atoms with Gasteiger partial charge in [0.1, 0.15) is 17.8 Å². The maximum absolute atomic E-state index is 13.4. The van der Waals surface area contributed by atoms with Crippen LogP contribution < -0.4 is 10.6 Å². The minimum absolute atomic E-state index is 0.0174. The molecule has 2 aromatic heterocycles. The van der Waals surface area contributed by atoms with E-state index < -0.39 is 6.10 Å². The van der Waals surface area contributed by atoms with E-state index in [1.807, 2.05) is 13.0 Å². The standard InChI is InChI=1S/C21H19Cl2N5O4/c1-10-18-11(4-12(22)5-13(18)23)2-3-27(10)20(30)16-8-28(17(29)9-31-16)15-7-25-6-14-19(15)32-21(24)26-14/h4-7,10,16H,2-3,8-9H2,1H3,(H2,24,26)/t10-,16?/m0/s1. The summed E-state index contributed by atoms with van der Waals surface area (Å²) in [5.74, 6) is -0.531. The lowest BCUT2D eigenvalue weighted by Crippen LogP contribution is -2.54. The Kier molecular flexibility index (Phi) is 5.19. The van der Waals surface area contributed by atoms with Crippen LogP contribution in [0, 0.1) is 0 Å². The molecule has 3 aromatic rings. The number of carbonyl (C=O) groups is 2. The Bertz CT molecular complexity index is 1250. The molecule has 2 atom stereocenters. The number of oxazole rings is 1. The average molecular weight is 476 g/mol. The molecule has 0 radical (unpaired) electrons. The predicted molar refractivity (Wildman–Crippen MR) is 119 cm³/mol. The van der Waals surface area contributed by atoms with Crippen molar-refractivity contribution in [1.82, 2.24) is 14.9 Å². The summed E-state index contributed by atoms with van der Waals surface area (Å²) in [7, 11) is 0. The summed E-state index contributed by atoms with van der Waals surface area (Å²) in [6.07, 6.45) is 2.76. The van der Waals surface area contributed by atoms with E-state index in [4.69, 9.17) is 38.1 Å². The normalized spacial score (nSPS) is 21.2. The van der Waals surface area contributed by atoms with Crippen LogP contribution in [-0.4, -0.2) is 52.5 Å². The van der Waals surface area contributed by atoms with E-state index in [1.165, 1.54) is 17.3 Å². The molecule has 0 spiro atoms. The van der Waals surface area contributed by atoms with Crippen LogP contribution in [0.1, 0.15) is 24.1 Å². The SMILES string of the molecule is C[C@H]1c2c(Cl)cc(Cl)cc2CCN1C(=O)C1CN(c2cncc3nc(N)oc23)C(=O)CO1. The van der Waals surface area contributed by atoms with Crippen LogP contribution in [0.5, 0.6) is 0 Å². The lowest BCUT2D eigenvalue weighted by atomic mass is 9.93. The highest BCUT2D eigenvalue weighted by atomic mass is 35.5. The first kappa shape index (κ1) is 21.0. The van der Waals surface area contributed by atoms with Crippen molar-refractivity contribution in [1.29, 1.82) is 0 Å². The van der Waals surface area contributed by atoms with Gasteiger partial charge in [0.25, 0.3) is 17.8 Å². The van der Waals surface area contributed by atoms with E-state index in [0.717, 1.165) is 11.1 Å². The summed E-state index contributed by atoms with van der Waals surface area (Å²) in [6.45, 7) is 2.19. The zero-order valence-corrected chi connectivity index (χ0v) is 18.6. The van der Waals surface area contributed by atoms with E-state index in [1.54, 1.807) is 11.0 Å². The zero-order valence-electron chi connectivity index (χ0n) is 17.0. The molecule has 0 aliphatic carbocycles. The minimum Gasteiger partial charge on any atom is -0.421 e. The topological polar surface area (TPSA) is 115 Å². The number of fused-ring (bicyclic) bond motifs is 2. The van der Waals surface area contributed by atoms with Crippen LogP contribution in [0.25, 0.3) is 11.1 Å². The summed E-state index contributed by atoms with van der Waals surface area (Å²) in [6, 6.07) is 3.28. The van der Waals surface area contributed by atoms with E-state index in [2.05, 4.69) is 9.97 Å². The van der Waals surface area contributed by atoms with Crippen molar-refractivity contribution in [2.24, 2.45) is 0 Å². The quantitative estimate of drug-likeness (QED) is 0.605. The number of nitrogen functional groups attached to an aromatic ring is 1. The lowest BCUT2D eigenvalue weighted by Gasteiger charge is -2.40. The third kappa shape index (κ3) is 3.46. The number of rotatable bonds is 2. The van der Waals surface area contributed by atoms with Crippen molar-refractivity contribution in [3.63, 3.8) is 0 Å². The Morgan fingerprint density at radius 1 is 1.28 bits per heavy atom. The molecule has 32 heavy (non-hydrogen) atoms. The molecule has 2 N–H and O–H groups in total. The maximum atomic E-state index is 13.4. The van der Waals surface area contributed by atoms with Gasteiger partial charge in [-0.05, 0) is 36.6 Å². The van der Waals surface area contributed by atoms with Crippen LogP contribution in [0.2, 0.25) is 10.0 Å². The fourth-order valence-electron chi connectivity index (χ4n) is 4.39. The number of amides is 2. The Hall–Kier alpha value is -2.88. The number of benzene rings is 1. The number of nitrogens with two attached hydrogens (primary N) is 1. The van der Waals surface area contributed by atoms with Crippen molar-refractivity contribution in [2.75, 3.05) is 30.3 Å². The highest BCUT2D eigenvalue weighted by Gasteiger charge is 2.39. The lowest BCUT2D eigenvalue weighted by molar-refractivity contribution is -0.151. The van der Waals surface area contributed by atoms with Gasteiger partial charge in [0.15, 0.2) is 11.7 Å². The molecule has 2 aliphatic heterocycles. The Morgan fingerprint density at radius 3 is 2.91 bits per heavy atom. The molecule has 2 amide bonds. The largest absolute Gasteiger partial charge is 0.421 e. The van der Waals surface area contributed by atoms with Gasteiger partial charge in [-0.25, -0.2) is 0 Å². The number of halogens is 2. The van der Waals surface area contributed by atoms with Gasteiger partial charge in [-0.3, -0.25) is 14.6 Å². The smallest absolute Gasteiger partial charge is 0.293 e. The number of carbonyl (C=O) groups excluding carboxylic acids is 2. The second-order valence-electron chi connectivity index (χ2n) is 7.78. The molecule has 9 nitrogen and oxygen atoms in total. The van der Waals surface area contributed by atoms with Gasteiger partial charge >= 0.3 is 0 Å².